The van der Waals surface area contributed by atoms with E-state index < -0.39 is 17.8 Å². The Morgan fingerprint density at radius 2 is 1.60 bits per heavy atom. The number of carbonyl (C=O) groups is 2. The zero-order chi connectivity index (χ0) is 18.0. The molecule has 0 atom stereocenters. The number of benzene rings is 2. The zero-order valence-corrected chi connectivity index (χ0v) is 12.9. The first-order chi connectivity index (χ1) is 11.8. The Kier molecular flexibility index (Phi) is 4.35. The van der Waals surface area contributed by atoms with Gasteiger partial charge in [0.2, 0.25) is 5.91 Å². The van der Waals surface area contributed by atoms with E-state index in [1.807, 2.05) is 0 Å². The van der Waals surface area contributed by atoms with Gasteiger partial charge in [-0.2, -0.15) is 13.2 Å². The van der Waals surface area contributed by atoms with E-state index in [2.05, 4.69) is 16.0 Å². The Bertz CT molecular complexity index is 817. The van der Waals surface area contributed by atoms with Crippen molar-refractivity contribution in [3.05, 3.63) is 53.6 Å². The van der Waals surface area contributed by atoms with Crippen LogP contribution in [0, 0.1) is 0 Å². The van der Waals surface area contributed by atoms with Gasteiger partial charge in [0, 0.05) is 23.5 Å². The fraction of sp³-hybridized carbons (Fsp3) is 0.176. The molecule has 0 saturated heterocycles. The maximum absolute atomic E-state index is 12.5. The van der Waals surface area contributed by atoms with Crippen molar-refractivity contribution in [3.8, 4) is 0 Å². The number of alkyl halides is 3. The largest absolute Gasteiger partial charge is 0.416 e. The minimum absolute atomic E-state index is 0.0479. The van der Waals surface area contributed by atoms with Crippen LogP contribution in [0.1, 0.15) is 17.5 Å². The van der Waals surface area contributed by atoms with E-state index in [4.69, 9.17) is 0 Å². The van der Waals surface area contributed by atoms with Crippen LogP contribution in [-0.2, 0) is 17.4 Å². The summed E-state index contributed by atoms with van der Waals surface area (Å²) >= 11 is 0. The number of aryl methyl sites for hydroxylation is 1. The first-order valence-corrected chi connectivity index (χ1v) is 7.49. The second-order valence-corrected chi connectivity index (χ2v) is 5.57. The molecule has 25 heavy (non-hydrogen) atoms. The van der Waals surface area contributed by atoms with Gasteiger partial charge in [-0.15, -0.1) is 0 Å². The van der Waals surface area contributed by atoms with Crippen LogP contribution in [0.2, 0.25) is 0 Å². The maximum Gasteiger partial charge on any atom is 0.416 e. The van der Waals surface area contributed by atoms with Gasteiger partial charge in [0.1, 0.15) is 0 Å². The van der Waals surface area contributed by atoms with Gasteiger partial charge >= 0.3 is 12.2 Å². The first-order valence-electron chi connectivity index (χ1n) is 7.49. The molecule has 2 aromatic carbocycles. The van der Waals surface area contributed by atoms with Crippen LogP contribution in [0.5, 0.6) is 0 Å². The Hall–Kier alpha value is -3.03. The van der Waals surface area contributed by atoms with Crippen LogP contribution in [0.25, 0.3) is 0 Å². The molecule has 3 amide bonds. The van der Waals surface area contributed by atoms with Crippen molar-refractivity contribution in [1.82, 2.24) is 0 Å². The van der Waals surface area contributed by atoms with E-state index >= 15 is 0 Å². The van der Waals surface area contributed by atoms with Crippen molar-refractivity contribution in [1.29, 1.82) is 0 Å². The van der Waals surface area contributed by atoms with Crippen LogP contribution in [0.4, 0.5) is 35.0 Å². The lowest BCUT2D eigenvalue weighted by atomic mass is 10.0. The molecule has 3 rings (SSSR count). The third-order valence-corrected chi connectivity index (χ3v) is 3.73. The summed E-state index contributed by atoms with van der Waals surface area (Å²) in [6.45, 7) is 0. The number of hydrogen-bond donors (Lipinski definition) is 3. The monoisotopic (exact) mass is 349 g/mol. The molecule has 0 fully saturated rings. The van der Waals surface area contributed by atoms with E-state index in [0.717, 1.165) is 17.7 Å². The van der Waals surface area contributed by atoms with E-state index in [1.54, 1.807) is 18.2 Å². The van der Waals surface area contributed by atoms with Crippen molar-refractivity contribution in [2.24, 2.45) is 0 Å². The summed E-state index contributed by atoms with van der Waals surface area (Å²) in [5, 5.41) is 7.82. The molecular formula is C17H14F3N3O2. The molecule has 0 aliphatic carbocycles. The highest BCUT2D eigenvalue weighted by Crippen LogP contribution is 2.30. The molecule has 0 radical (unpaired) electrons. The number of anilines is 3. The van der Waals surface area contributed by atoms with Crippen molar-refractivity contribution in [2.75, 3.05) is 16.0 Å². The van der Waals surface area contributed by atoms with Crippen molar-refractivity contribution in [2.45, 2.75) is 19.0 Å². The van der Waals surface area contributed by atoms with Gasteiger partial charge in [0.15, 0.2) is 0 Å². The van der Waals surface area contributed by atoms with Crippen LogP contribution in [-0.4, -0.2) is 11.9 Å². The summed E-state index contributed by atoms with van der Waals surface area (Å²) in [7, 11) is 0. The number of fused-ring (bicyclic) bond motifs is 1. The highest BCUT2D eigenvalue weighted by Gasteiger charge is 2.30. The van der Waals surface area contributed by atoms with Crippen LogP contribution < -0.4 is 16.0 Å². The molecule has 0 spiro atoms. The predicted molar refractivity (Wildman–Crippen MR) is 87.5 cm³/mol. The molecule has 0 aromatic heterocycles. The van der Waals surface area contributed by atoms with Gasteiger partial charge in [-0.3, -0.25) is 4.79 Å². The number of hydrogen-bond acceptors (Lipinski definition) is 2. The SMILES string of the molecule is O=C1CCc2cc(NC(=O)Nc3ccc(C(F)(F)F)cc3)ccc2N1. The summed E-state index contributed by atoms with van der Waals surface area (Å²) in [5.74, 6) is -0.0479. The van der Waals surface area contributed by atoms with Gasteiger partial charge in [-0.25, -0.2) is 4.79 Å². The van der Waals surface area contributed by atoms with Crippen LogP contribution in [0.3, 0.4) is 0 Å². The average molecular weight is 349 g/mol. The molecule has 1 aliphatic heterocycles. The highest BCUT2D eigenvalue weighted by molar-refractivity contribution is 6.00. The van der Waals surface area contributed by atoms with Gasteiger partial charge in [-0.05, 0) is 54.4 Å². The summed E-state index contributed by atoms with van der Waals surface area (Å²) in [6.07, 6.45) is -3.45. The molecule has 130 valence electrons. The quantitative estimate of drug-likeness (QED) is 0.759. The molecule has 8 heteroatoms. The number of halogens is 3. The molecule has 0 unspecified atom stereocenters. The highest BCUT2D eigenvalue weighted by atomic mass is 19.4. The van der Waals surface area contributed by atoms with E-state index in [9.17, 15) is 22.8 Å². The third-order valence-electron chi connectivity index (χ3n) is 3.73. The number of carbonyl (C=O) groups excluding carboxylic acids is 2. The van der Waals surface area contributed by atoms with Crippen molar-refractivity contribution >= 4 is 29.0 Å². The number of urea groups is 1. The second kappa shape index (κ2) is 6.46. The lowest BCUT2D eigenvalue weighted by Gasteiger charge is -2.18. The predicted octanol–water partition coefficient (Wildman–Crippen LogP) is 4.23. The summed E-state index contributed by atoms with van der Waals surface area (Å²) in [6, 6.07) is 8.68. The van der Waals surface area contributed by atoms with Crippen molar-refractivity contribution < 1.29 is 22.8 Å². The lowest BCUT2D eigenvalue weighted by Crippen LogP contribution is -2.21. The average Bonchev–Trinajstić information content (AvgIpc) is 2.54. The second-order valence-electron chi connectivity index (χ2n) is 5.57. The van der Waals surface area contributed by atoms with E-state index in [1.165, 1.54) is 12.1 Å². The van der Waals surface area contributed by atoms with Gasteiger partial charge in [0.05, 0.1) is 5.56 Å². The molecule has 0 bridgehead atoms. The van der Waals surface area contributed by atoms with Crippen LogP contribution >= 0.6 is 0 Å². The van der Waals surface area contributed by atoms with Crippen molar-refractivity contribution in [3.63, 3.8) is 0 Å². The minimum atomic E-state index is -4.42. The van der Waals surface area contributed by atoms with E-state index in [0.29, 0.717) is 24.2 Å². The fourth-order valence-electron chi connectivity index (χ4n) is 2.50. The lowest BCUT2D eigenvalue weighted by molar-refractivity contribution is -0.137. The molecule has 5 nitrogen and oxygen atoms in total. The molecule has 1 heterocycles. The molecular weight excluding hydrogens is 335 g/mol. The number of rotatable bonds is 2. The Morgan fingerprint density at radius 1 is 0.960 bits per heavy atom. The maximum atomic E-state index is 12.5. The van der Waals surface area contributed by atoms with Crippen LogP contribution in [0.15, 0.2) is 42.5 Å². The Labute approximate surface area is 141 Å². The van der Waals surface area contributed by atoms with Gasteiger partial charge in [-0.1, -0.05) is 0 Å². The zero-order valence-electron chi connectivity index (χ0n) is 12.9. The van der Waals surface area contributed by atoms with E-state index in [-0.39, 0.29) is 11.6 Å². The van der Waals surface area contributed by atoms with Gasteiger partial charge < -0.3 is 16.0 Å². The third kappa shape index (κ3) is 4.09. The summed E-state index contributed by atoms with van der Waals surface area (Å²) in [5.41, 5.74) is 1.61. The topological polar surface area (TPSA) is 70.2 Å². The smallest absolute Gasteiger partial charge is 0.326 e. The normalized spacial score (nSPS) is 13.6. The standard InChI is InChI=1S/C17H14F3N3O2/c18-17(19,20)11-2-4-12(5-3-11)21-16(25)22-13-6-7-14-10(9-13)1-8-15(24)23-14/h2-7,9H,1,8H2,(H,23,24)(H2,21,22,25). The Balaban J connectivity index is 1.64. The fourth-order valence-corrected chi connectivity index (χ4v) is 2.50. The molecule has 2 aromatic rings. The number of amides is 3. The molecule has 3 N–H and O–H groups in total. The van der Waals surface area contributed by atoms with Gasteiger partial charge in [0.25, 0.3) is 0 Å². The first kappa shape index (κ1) is 16.8. The summed E-state index contributed by atoms with van der Waals surface area (Å²) in [4.78, 5) is 23.3. The number of nitrogens with one attached hydrogen (secondary N) is 3. The minimum Gasteiger partial charge on any atom is -0.326 e. The molecule has 0 saturated carbocycles. The Morgan fingerprint density at radius 3 is 2.28 bits per heavy atom. The summed E-state index contributed by atoms with van der Waals surface area (Å²) < 4.78 is 37.5. The molecule has 1 aliphatic rings.